The van der Waals surface area contributed by atoms with E-state index in [9.17, 15) is 4.79 Å². The fourth-order valence-corrected chi connectivity index (χ4v) is 1.19. The molecule has 2 N–H and O–H groups in total. The van der Waals surface area contributed by atoms with E-state index in [0.29, 0.717) is 6.54 Å². The Morgan fingerprint density at radius 1 is 1.54 bits per heavy atom. The van der Waals surface area contributed by atoms with Gasteiger partial charge >= 0.3 is 0 Å². The van der Waals surface area contributed by atoms with Crippen molar-refractivity contribution in [2.45, 2.75) is 12.8 Å². The highest BCUT2D eigenvalue weighted by molar-refractivity contribution is 5.85. The summed E-state index contributed by atoms with van der Waals surface area (Å²) in [4.78, 5) is 13.5. The summed E-state index contributed by atoms with van der Waals surface area (Å²) < 4.78 is 0. The number of rotatable bonds is 5. The summed E-state index contributed by atoms with van der Waals surface area (Å²) in [6, 6.07) is 0. The standard InChI is InChI=1S/C9H18N2O2/c1-11(2)6-5-10-8(13)9(7-12)3-4-9/h12H,3-7H2,1-2H3,(H,10,13). The smallest absolute Gasteiger partial charge is 0.228 e. The molecule has 1 aliphatic rings. The molecule has 4 heteroatoms. The van der Waals surface area contributed by atoms with Gasteiger partial charge in [0.15, 0.2) is 0 Å². The van der Waals surface area contributed by atoms with Gasteiger partial charge in [-0.15, -0.1) is 0 Å². The van der Waals surface area contributed by atoms with Crippen LogP contribution in [0.3, 0.4) is 0 Å². The minimum Gasteiger partial charge on any atom is -0.395 e. The molecule has 0 aromatic rings. The number of carbonyl (C=O) groups excluding carboxylic acids is 1. The number of nitrogens with zero attached hydrogens (tertiary/aromatic N) is 1. The number of likely N-dealkylation sites (N-methyl/N-ethyl adjacent to an activating group) is 1. The maximum Gasteiger partial charge on any atom is 0.228 e. The zero-order valence-electron chi connectivity index (χ0n) is 8.34. The van der Waals surface area contributed by atoms with Crippen LogP contribution >= 0.6 is 0 Å². The van der Waals surface area contributed by atoms with E-state index >= 15 is 0 Å². The summed E-state index contributed by atoms with van der Waals surface area (Å²) in [5.41, 5.74) is -0.424. The molecule has 0 aromatic heterocycles. The van der Waals surface area contributed by atoms with Crippen LogP contribution in [0.1, 0.15) is 12.8 Å². The fraction of sp³-hybridized carbons (Fsp3) is 0.889. The second-order valence-electron chi connectivity index (χ2n) is 4.00. The molecule has 1 saturated carbocycles. The van der Waals surface area contributed by atoms with Crippen molar-refractivity contribution >= 4 is 5.91 Å². The number of hydrogen-bond acceptors (Lipinski definition) is 3. The van der Waals surface area contributed by atoms with Crippen LogP contribution in [0.25, 0.3) is 0 Å². The van der Waals surface area contributed by atoms with Gasteiger partial charge in [-0.1, -0.05) is 0 Å². The lowest BCUT2D eigenvalue weighted by Crippen LogP contribution is -2.37. The summed E-state index contributed by atoms with van der Waals surface area (Å²) in [5, 5.41) is 11.8. The van der Waals surface area contributed by atoms with Gasteiger partial charge < -0.3 is 15.3 Å². The van der Waals surface area contributed by atoms with Crippen molar-refractivity contribution in [2.75, 3.05) is 33.8 Å². The minimum atomic E-state index is -0.424. The van der Waals surface area contributed by atoms with Crippen molar-refractivity contribution < 1.29 is 9.90 Å². The maximum absolute atomic E-state index is 11.5. The van der Waals surface area contributed by atoms with Gasteiger partial charge in [0.25, 0.3) is 0 Å². The van der Waals surface area contributed by atoms with Gasteiger partial charge in [-0.05, 0) is 26.9 Å². The fourth-order valence-electron chi connectivity index (χ4n) is 1.19. The molecule has 0 heterocycles. The van der Waals surface area contributed by atoms with Crippen molar-refractivity contribution in [3.63, 3.8) is 0 Å². The normalized spacial score (nSPS) is 18.8. The van der Waals surface area contributed by atoms with Gasteiger partial charge in [0.05, 0.1) is 12.0 Å². The molecule has 13 heavy (non-hydrogen) atoms. The summed E-state index contributed by atoms with van der Waals surface area (Å²) in [5.74, 6) is 0.0110. The number of carbonyl (C=O) groups is 1. The van der Waals surface area contributed by atoms with Crippen LogP contribution in [0, 0.1) is 5.41 Å². The van der Waals surface area contributed by atoms with E-state index < -0.39 is 5.41 Å². The first-order chi connectivity index (χ1) is 6.10. The Morgan fingerprint density at radius 2 is 2.15 bits per heavy atom. The topological polar surface area (TPSA) is 52.6 Å². The Morgan fingerprint density at radius 3 is 2.54 bits per heavy atom. The molecular weight excluding hydrogens is 168 g/mol. The van der Waals surface area contributed by atoms with Crippen LogP contribution in [0.5, 0.6) is 0 Å². The molecule has 0 unspecified atom stereocenters. The first-order valence-electron chi connectivity index (χ1n) is 4.65. The van der Waals surface area contributed by atoms with Gasteiger partial charge in [-0.3, -0.25) is 4.79 Å². The molecule has 1 rings (SSSR count). The monoisotopic (exact) mass is 186 g/mol. The van der Waals surface area contributed by atoms with Crippen LogP contribution in [-0.2, 0) is 4.79 Å². The van der Waals surface area contributed by atoms with E-state index in [1.807, 2.05) is 19.0 Å². The molecule has 0 spiro atoms. The predicted octanol–water partition coefficient (Wildman–Crippen LogP) is -0.563. The highest BCUT2D eigenvalue weighted by Crippen LogP contribution is 2.45. The summed E-state index contributed by atoms with van der Waals surface area (Å²) in [6.07, 6.45) is 1.66. The Labute approximate surface area is 78.9 Å². The first kappa shape index (κ1) is 10.5. The second-order valence-corrected chi connectivity index (χ2v) is 4.00. The number of aliphatic hydroxyl groups is 1. The zero-order chi connectivity index (χ0) is 9.90. The Bertz CT molecular complexity index is 188. The van der Waals surface area contributed by atoms with E-state index in [1.54, 1.807) is 0 Å². The van der Waals surface area contributed by atoms with Gasteiger partial charge in [-0.25, -0.2) is 0 Å². The first-order valence-corrected chi connectivity index (χ1v) is 4.65. The second kappa shape index (κ2) is 4.07. The number of hydrogen-bond donors (Lipinski definition) is 2. The average molecular weight is 186 g/mol. The molecule has 0 radical (unpaired) electrons. The van der Waals surface area contributed by atoms with Crippen molar-refractivity contribution in [3.05, 3.63) is 0 Å². The number of nitrogens with one attached hydrogen (secondary N) is 1. The van der Waals surface area contributed by atoms with Crippen LogP contribution < -0.4 is 5.32 Å². The summed E-state index contributed by atoms with van der Waals surface area (Å²) in [7, 11) is 3.93. The Hall–Kier alpha value is -0.610. The third-order valence-corrected chi connectivity index (χ3v) is 2.48. The van der Waals surface area contributed by atoms with Crippen molar-refractivity contribution in [1.29, 1.82) is 0 Å². The molecule has 76 valence electrons. The molecule has 1 fully saturated rings. The largest absolute Gasteiger partial charge is 0.395 e. The maximum atomic E-state index is 11.5. The lowest BCUT2D eigenvalue weighted by Gasteiger charge is -2.14. The molecule has 0 aliphatic heterocycles. The third kappa shape index (κ3) is 2.67. The molecule has 0 aromatic carbocycles. The SMILES string of the molecule is CN(C)CCNC(=O)C1(CO)CC1. The van der Waals surface area contributed by atoms with Crippen molar-refractivity contribution in [2.24, 2.45) is 5.41 Å². The van der Waals surface area contributed by atoms with E-state index in [-0.39, 0.29) is 12.5 Å². The van der Waals surface area contributed by atoms with E-state index in [1.165, 1.54) is 0 Å². The van der Waals surface area contributed by atoms with Gasteiger partial charge in [0, 0.05) is 13.1 Å². The van der Waals surface area contributed by atoms with Crippen LogP contribution in [0.4, 0.5) is 0 Å². The molecule has 4 nitrogen and oxygen atoms in total. The molecular formula is C9H18N2O2. The van der Waals surface area contributed by atoms with E-state index in [2.05, 4.69) is 5.32 Å². The summed E-state index contributed by atoms with van der Waals surface area (Å²) >= 11 is 0. The lowest BCUT2D eigenvalue weighted by molar-refractivity contribution is -0.127. The summed E-state index contributed by atoms with van der Waals surface area (Å²) in [6.45, 7) is 1.49. The molecule has 1 aliphatic carbocycles. The van der Waals surface area contributed by atoms with Gasteiger partial charge in [-0.2, -0.15) is 0 Å². The highest BCUT2D eigenvalue weighted by Gasteiger charge is 2.49. The zero-order valence-corrected chi connectivity index (χ0v) is 8.34. The minimum absolute atomic E-state index is 0.0110. The van der Waals surface area contributed by atoms with Gasteiger partial charge in [0.1, 0.15) is 0 Å². The Balaban J connectivity index is 2.18. The molecule has 0 bridgehead atoms. The van der Waals surface area contributed by atoms with Crippen molar-refractivity contribution in [3.8, 4) is 0 Å². The quantitative estimate of drug-likeness (QED) is 0.605. The van der Waals surface area contributed by atoms with Crippen LogP contribution in [0.2, 0.25) is 0 Å². The average Bonchev–Trinajstić information content (AvgIpc) is 2.83. The van der Waals surface area contributed by atoms with Crippen LogP contribution in [0.15, 0.2) is 0 Å². The van der Waals surface area contributed by atoms with E-state index in [4.69, 9.17) is 5.11 Å². The van der Waals surface area contributed by atoms with Gasteiger partial charge in [0.2, 0.25) is 5.91 Å². The Kier molecular flexibility index (Phi) is 3.27. The molecule has 1 amide bonds. The predicted molar refractivity (Wildman–Crippen MR) is 50.3 cm³/mol. The molecule has 0 saturated heterocycles. The highest BCUT2D eigenvalue weighted by atomic mass is 16.3. The third-order valence-electron chi connectivity index (χ3n) is 2.48. The van der Waals surface area contributed by atoms with Crippen molar-refractivity contribution in [1.82, 2.24) is 10.2 Å². The van der Waals surface area contributed by atoms with Crippen LogP contribution in [-0.4, -0.2) is 49.7 Å². The van der Waals surface area contributed by atoms with E-state index in [0.717, 1.165) is 19.4 Å². The number of amides is 1. The lowest BCUT2D eigenvalue weighted by atomic mass is 10.1. The molecule has 0 atom stereocenters. The number of aliphatic hydroxyl groups excluding tert-OH is 1.